The number of hydroxylamine groups is 2. The second-order valence-corrected chi connectivity index (χ2v) is 4.87. The van der Waals surface area contributed by atoms with Crippen LogP contribution in [0.5, 0.6) is 5.75 Å². The van der Waals surface area contributed by atoms with Gasteiger partial charge in [-0.2, -0.15) is 0 Å². The van der Waals surface area contributed by atoms with Crippen molar-refractivity contribution in [2.45, 2.75) is 26.7 Å². The van der Waals surface area contributed by atoms with Gasteiger partial charge in [0, 0.05) is 24.6 Å². The lowest BCUT2D eigenvalue weighted by Gasteiger charge is -2.21. The maximum atomic E-state index is 12.6. The van der Waals surface area contributed by atoms with E-state index in [1.807, 2.05) is 13.8 Å². The van der Waals surface area contributed by atoms with Gasteiger partial charge in [-0.3, -0.25) is 14.6 Å². The van der Waals surface area contributed by atoms with Crippen molar-refractivity contribution in [3.05, 3.63) is 23.5 Å². The first-order valence-corrected chi connectivity index (χ1v) is 7.22. The Kier molecular flexibility index (Phi) is 5.11. The number of nitrogens with zero attached hydrogens (tertiary/aromatic N) is 3. The Hall–Kier alpha value is -2.41. The fourth-order valence-corrected chi connectivity index (χ4v) is 2.14. The molecule has 0 unspecified atom stereocenters. The molecule has 2 heterocycles. The summed E-state index contributed by atoms with van der Waals surface area (Å²) in [6.07, 6.45) is 3.94. The smallest absolute Gasteiger partial charge is 0.273 e. The number of rotatable bonds is 5. The molecule has 0 spiro atoms. The lowest BCUT2D eigenvalue weighted by atomic mass is 10.1. The fourth-order valence-electron chi connectivity index (χ4n) is 2.14. The molecule has 0 fully saturated rings. The predicted molar refractivity (Wildman–Crippen MR) is 83.4 cm³/mol. The van der Waals surface area contributed by atoms with E-state index in [0.717, 1.165) is 6.42 Å². The molecule has 2 rings (SSSR count). The van der Waals surface area contributed by atoms with Crippen LogP contribution in [0.2, 0.25) is 0 Å². The topological polar surface area (TPSA) is 101 Å². The molecule has 0 atom stereocenters. The van der Waals surface area contributed by atoms with Gasteiger partial charge in [-0.15, -0.1) is 0 Å². The first-order valence-electron chi connectivity index (χ1n) is 7.22. The number of aliphatic imine (C=N–C) groups is 1. The molecule has 0 saturated carbocycles. The molecular weight excluding hydrogens is 284 g/mol. The number of amides is 1. The third-order valence-corrected chi connectivity index (χ3v) is 3.04. The van der Waals surface area contributed by atoms with Crippen LogP contribution in [0.3, 0.4) is 0 Å². The third kappa shape index (κ3) is 3.62. The average Bonchev–Trinajstić information content (AvgIpc) is 2.64. The molecule has 118 valence electrons. The van der Waals surface area contributed by atoms with Gasteiger partial charge in [-0.25, -0.2) is 10.1 Å². The van der Waals surface area contributed by atoms with Gasteiger partial charge in [-0.05, 0) is 19.4 Å². The number of pyridine rings is 1. The highest BCUT2D eigenvalue weighted by molar-refractivity contribution is 6.04. The lowest BCUT2D eigenvalue weighted by Crippen LogP contribution is -2.34. The molecule has 3 N–H and O–H groups in total. The normalized spacial score (nSPS) is 13.7. The number of hydrogen-bond donors (Lipinski definition) is 2. The zero-order valence-corrected chi connectivity index (χ0v) is 12.7. The zero-order valence-electron chi connectivity index (χ0n) is 12.7. The van der Waals surface area contributed by atoms with Crippen molar-refractivity contribution in [1.82, 2.24) is 10.0 Å². The van der Waals surface area contributed by atoms with Crippen LogP contribution in [0, 0.1) is 0 Å². The van der Waals surface area contributed by atoms with E-state index in [9.17, 15) is 9.90 Å². The first-order chi connectivity index (χ1) is 10.5. The quantitative estimate of drug-likeness (QED) is 0.807. The number of carbonyl (C=O) groups excluding carboxylic acids is 1. The Bertz CT molecular complexity index is 619. The monoisotopic (exact) mass is 304 g/mol. The largest absolute Gasteiger partial charge is 0.506 e. The number of carbonyl (C=O) groups is 1. The van der Waals surface area contributed by atoms with Crippen LogP contribution in [0.1, 0.15) is 32.4 Å². The molecule has 0 saturated heterocycles. The van der Waals surface area contributed by atoms with Crippen LogP contribution in [-0.4, -0.2) is 40.0 Å². The number of nitrogens with two attached hydrogens (primary N) is 1. The Morgan fingerprint density at radius 1 is 1.50 bits per heavy atom. The van der Waals surface area contributed by atoms with Crippen LogP contribution < -0.4 is 5.73 Å². The molecule has 1 aliphatic heterocycles. The summed E-state index contributed by atoms with van der Waals surface area (Å²) < 4.78 is 0. The van der Waals surface area contributed by atoms with Crippen LogP contribution in [0.25, 0.3) is 6.08 Å². The Balaban J connectivity index is 2.36. The number of aromatic nitrogens is 1. The maximum Gasteiger partial charge on any atom is 0.273 e. The van der Waals surface area contributed by atoms with Crippen molar-refractivity contribution in [2.75, 3.05) is 13.2 Å². The van der Waals surface area contributed by atoms with Crippen molar-refractivity contribution in [1.29, 1.82) is 0 Å². The van der Waals surface area contributed by atoms with Crippen LogP contribution >= 0.6 is 0 Å². The number of hydrogen-bond acceptors (Lipinski definition) is 6. The van der Waals surface area contributed by atoms with Crippen molar-refractivity contribution in [3.63, 3.8) is 0 Å². The van der Waals surface area contributed by atoms with E-state index < -0.39 is 0 Å². The first kappa shape index (κ1) is 16.0. The van der Waals surface area contributed by atoms with E-state index in [-0.39, 0.29) is 18.1 Å². The van der Waals surface area contributed by atoms with Gasteiger partial charge in [0.05, 0.1) is 24.2 Å². The van der Waals surface area contributed by atoms with Crippen molar-refractivity contribution in [3.8, 4) is 5.75 Å². The molecular formula is C15H20N4O3. The van der Waals surface area contributed by atoms with E-state index >= 15 is 0 Å². The molecule has 0 radical (unpaired) electrons. The SMILES string of the molecule is CCCN(OCC)C(=O)C1=Cc2ncc(O)cc2N=C(N)C1. The number of fused-ring (bicyclic) bond motifs is 1. The van der Waals surface area contributed by atoms with Crippen molar-refractivity contribution >= 4 is 23.5 Å². The molecule has 7 nitrogen and oxygen atoms in total. The van der Waals surface area contributed by atoms with Crippen molar-refractivity contribution in [2.24, 2.45) is 10.7 Å². The van der Waals surface area contributed by atoms with Gasteiger partial charge in [-0.1, -0.05) is 6.92 Å². The van der Waals surface area contributed by atoms with Gasteiger partial charge in [0.15, 0.2) is 0 Å². The molecule has 7 heteroatoms. The zero-order chi connectivity index (χ0) is 16.1. The Labute approximate surface area is 129 Å². The second-order valence-electron chi connectivity index (χ2n) is 4.87. The van der Waals surface area contributed by atoms with E-state index in [2.05, 4.69) is 9.98 Å². The molecule has 0 aromatic carbocycles. The summed E-state index contributed by atoms with van der Waals surface area (Å²) in [6, 6.07) is 1.46. The van der Waals surface area contributed by atoms with Crippen molar-refractivity contribution < 1.29 is 14.7 Å². The minimum atomic E-state index is -0.246. The van der Waals surface area contributed by atoms with Crippen LogP contribution in [0.4, 0.5) is 5.69 Å². The molecule has 1 aromatic heterocycles. The highest BCUT2D eigenvalue weighted by Gasteiger charge is 2.22. The molecule has 0 aliphatic carbocycles. The fraction of sp³-hybridized carbons (Fsp3) is 0.400. The summed E-state index contributed by atoms with van der Waals surface area (Å²) in [4.78, 5) is 26.3. The van der Waals surface area contributed by atoms with Gasteiger partial charge >= 0.3 is 0 Å². The maximum absolute atomic E-state index is 12.6. The lowest BCUT2D eigenvalue weighted by molar-refractivity contribution is -0.180. The summed E-state index contributed by atoms with van der Waals surface area (Å²) in [5, 5.41) is 10.8. The second kappa shape index (κ2) is 7.04. The summed E-state index contributed by atoms with van der Waals surface area (Å²) in [6.45, 7) is 4.70. The molecule has 22 heavy (non-hydrogen) atoms. The van der Waals surface area contributed by atoms with Gasteiger partial charge in [0.25, 0.3) is 5.91 Å². The van der Waals surface area contributed by atoms with Crippen LogP contribution in [-0.2, 0) is 9.63 Å². The number of amidine groups is 1. The van der Waals surface area contributed by atoms with Gasteiger partial charge in [0.1, 0.15) is 11.6 Å². The summed E-state index contributed by atoms with van der Waals surface area (Å²) >= 11 is 0. The minimum Gasteiger partial charge on any atom is -0.506 e. The van der Waals surface area contributed by atoms with Crippen LogP contribution in [0.15, 0.2) is 22.8 Å². The summed E-state index contributed by atoms with van der Waals surface area (Å²) in [5.41, 5.74) is 7.26. The van der Waals surface area contributed by atoms with Gasteiger partial charge < -0.3 is 10.8 Å². The molecule has 1 amide bonds. The summed E-state index contributed by atoms with van der Waals surface area (Å²) in [7, 11) is 0. The Morgan fingerprint density at radius 3 is 2.95 bits per heavy atom. The average molecular weight is 304 g/mol. The van der Waals surface area contributed by atoms with E-state index in [1.165, 1.54) is 17.3 Å². The highest BCUT2D eigenvalue weighted by Crippen LogP contribution is 2.28. The number of aromatic hydroxyl groups is 1. The minimum absolute atomic E-state index is 0.000373. The molecule has 1 aliphatic rings. The standard InChI is InChI=1S/C15H20N4O3/c1-3-5-19(22-4-2)15(21)10-6-12-13(18-14(16)7-10)8-11(20)9-17-12/h6,8-9,20H,3-5,7H2,1-2H3,(H2,16,18). The van der Waals surface area contributed by atoms with E-state index in [0.29, 0.717) is 35.9 Å². The van der Waals surface area contributed by atoms with Gasteiger partial charge in [0.2, 0.25) is 0 Å². The summed E-state index contributed by atoms with van der Waals surface area (Å²) in [5.74, 6) is 0.0451. The third-order valence-electron chi connectivity index (χ3n) is 3.04. The van der Waals surface area contributed by atoms with E-state index in [1.54, 1.807) is 6.08 Å². The molecule has 1 aromatic rings. The molecule has 0 bridgehead atoms. The van der Waals surface area contributed by atoms with E-state index in [4.69, 9.17) is 10.6 Å². The predicted octanol–water partition coefficient (Wildman–Crippen LogP) is 1.75. The Morgan fingerprint density at radius 2 is 2.27 bits per heavy atom. The highest BCUT2D eigenvalue weighted by atomic mass is 16.7.